The molecule has 2 rings (SSSR count). The maximum Gasteiger partial charge on any atom is 0.124 e. The minimum atomic E-state index is -0.233. The molecule has 1 saturated carbocycles. The van der Waals surface area contributed by atoms with Crippen LogP contribution in [0.3, 0.4) is 0 Å². The topological polar surface area (TPSA) is 23.5 Å². The highest BCUT2D eigenvalue weighted by molar-refractivity contribution is 9.10. The summed E-state index contributed by atoms with van der Waals surface area (Å²) in [5, 5.41) is 10.0. The van der Waals surface area contributed by atoms with E-state index in [9.17, 15) is 9.50 Å². The van der Waals surface area contributed by atoms with Gasteiger partial charge in [0.15, 0.2) is 0 Å². The summed E-state index contributed by atoms with van der Waals surface area (Å²) in [5.41, 5.74) is 1.05. The highest BCUT2D eigenvalue weighted by Gasteiger charge is 2.26. The molecule has 1 aromatic rings. The van der Waals surface area contributed by atoms with E-state index in [1.807, 2.05) is 7.05 Å². The maximum absolute atomic E-state index is 13.0. The Kier molecular flexibility index (Phi) is 4.76. The lowest BCUT2D eigenvalue weighted by Crippen LogP contribution is -2.42. The Balaban J connectivity index is 2.03. The summed E-state index contributed by atoms with van der Waals surface area (Å²) in [6, 6.07) is 4.98. The van der Waals surface area contributed by atoms with Crippen LogP contribution in [0.15, 0.2) is 22.7 Å². The van der Waals surface area contributed by atoms with Crippen LogP contribution < -0.4 is 0 Å². The Labute approximate surface area is 116 Å². The monoisotopic (exact) mass is 315 g/mol. The van der Waals surface area contributed by atoms with E-state index >= 15 is 0 Å². The van der Waals surface area contributed by atoms with Crippen molar-refractivity contribution in [1.82, 2.24) is 4.90 Å². The lowest BCUT2D eigenvalue weighted by Gasteiger charge is -2.35. The fraction of sp³-hybridized carbons (Fsp3) is 0.571. The summed E-state index contributed by atoms with van der Waals surface area (Å²) in [6.07, 6.45) is 3.99. The third-order valence-electron chi connectivity index (χ3n) is 3.69. The Morgan fingerprint density at radius 2 is 2.11 bits per heavy atom. The van der Waals surface area contributed by atoms with Gasteiger partial charge < -0.3 is 5.11 Å². The van der Waals surface area contributed by atoms with E-state index in [-0.39, 0.29) is 18.0 Å². The summed E-state index contributed by atoms with van der Waals surface area (Å²) < 4.78 is 13.8. The zero-order valence-electron chi connectivity index (χ0n) is 10.6. The van der Waals surface area contributed by atoms with Gasteiger partial charge in [0.05, 0.1) is 6.10 Å². The number of benzene rings is 1. The van der Waals surface area contributed by atoms with Crippen molar-refractivity contribution in [1.29, 1.82) is 0 Å². The number of rotatable bonds is 3. The Bertz CT molecular complexity index is 413. The van der Waals surface area contributed by atoms with E-state index in [2.05, 4.69) is 20.8 Å². The quantitative estimate of drug-likeness (QED) is 0.925. The Morgan fingerprint density at radius 3 is 2.78 bits per heavy atom. The van der Waals surface area contributed by atoms with Gasteiger partial charge in [0.1, 0.15) is 5.82 Å². The van der Waals surface area contributed by atoms with Crippen LogP contribution in [0.1, 0.15) is 31.2 Å². The number of hydrogen-bond donors (Lipinski definition) is 1. The van der Waals surface area contributed by atoms with E-state index < -0.39 is 0 Å². The second-order valence-electron chi connectivity index (χ2n) is 5.07. The zero-order valence-corrected chi connectivity index (χ0v) is 12.2. The molecule has 1 aliphatic carbocycles. The largest absolute Gasteiger partial charge is 0.391 e. The molecule has 18 heavy (non-hydrogen) atoms. The molecule has 0 heterocycles. The third kappa shape index (κ3) is 3.31. The highest BCUT2D eigenvalue weighted by Crippen LogP contribution is 2.25. The van der Waals surface area contributed by atoms with Crippen LogP contribution in [0.25, 0.3) is 0 Å². The van der Waals surface area contributed by atoms with Crippen molar-refractivity contribution in [3.63, 3.8) is 0 Å². The van der Waals surface area contributed by atoms with Gasteiger partial charge in [-0.1, -0.05) is 34.8 Å². The maximum atomic E-state index is 13.0. The minimum Gasteiger partial charge on any atom is -0.391 e. The van der Waals surface area contributed by atoms with Gasteiger partial charge in [0.25, 0.3) is 0 Å². The number of nitrogens with zero attached hydrogens (tertiary/aromatic N) is 1. The van der Waals surface area contributed by atoms with Gasteiger partial charge in [0.2, 0.25) is 0 Å². The number of hydrogen-bond acceptors (Lipinski definition) is 2. The molecule has 0 saturated heterocycles. The summed E-state index contributed by atoms with van der Waals surface area (Å²) in [4.78, 5) is 2.17. The van der Waals surface area contributed by atoms with Gasteiger partial charge >= 0.3 is 0 Å². The van der Waals surface area contributed by atoms with Gasteiger partial charge in [-0.05, 0) is 37.6 Å². The molecule has 1 aromatic carbocycles. The van der Waals surface area contributed by atoms with Gasteiger partial charge in [0, 0.05) is 17.1 Å². The Morgan fingerprint density at radius 1 is 1.39 bits per heavy atom. The van der Waals surface area contributed by atoms with Crippen LogP contribution in [0, 0.1) is 5.82 Å². The smallest absolute Gasteiger partial charge is 0.124 e. The molecule has 2 unspecified atom stereocenters. The van der Waals surface area contributed by atoms with E-state index in [1.165, 1.54) is 18.6 Å². The molecule has 1 fully saturated rings. The predicted octanol–water partition coefficient (Wildman–Crippen LogP) is 3.32. The molecule has 2 atom stereocenters. The molecular formula is C14H19BrFNO. The molecule has 4 heteroatoms. The number of aliphatic hydroxyl groups is 1. The summed E-state index contributed by atoms with van der Waals surface area (Å²) in [6.45, 7) is 0.725. The number of aliphatic hydroxyl groups excluding tert-OH is 1. The SMILES string of the molecule is CN(Cc1ccc(F)cc1Br)C1CCCCC1O. The molecule has 1 aliphatic rings. The lowest BCUT2D eigenvalue weighted by atomic mass is 9.91. The minimum absolute atomic E-state index is 0.218. The molecule has 1 N–H and O–H groups in total. The molecule has 0 bridgehead atoms. The molecule has 100 valence electrons. The first-order valence-corrected chi connectivity index (χ1v) is 7.19. The molecule has 0 aromatic heterocycles. The second-order valence-corrected chi connectivity index (χ2v) is 5.92. The Hall–Kier alpha value is -0.450. The number of likely N-dealkylation sites (N-methyl/N-ethyl adjacent to an activating group) is 1. The van der Waals surface area contributed by atoms with Crippen molar-refractivity contribution < 1.29 is 9.50 Å². The van der Waals surface area contributed by atoms with Crippen molar-refractivity contribution in [2.24, 2.45) is 0 Å². The molecule has 2 nitrogen and oxygen atoms in total. The van der Waals surface area contributed by atoms with E-state index in [0.29, 0.717) is 0 Å². The molecule has 0 spiro atoms. The first-order valence-electron chi connectivity index (χ1n) is 6.40. The standard InChI is InChI=1S/C14H19BrFNO/c1-17(13-4-2-3-5-14(13)18)9-10-6-7-11(16)8-12(10)15/h6-8,13-14,18H,2-5,9H2,1H3. The average molecular weight is 316 g/mol. The zero-order chi connectivity index (χ0) is 13.1. The van der Waals surface area contributed by atoms with Crippen LogP contribution in [0.2, 0.25) is 0 Å². The average Bonchev–Trinajstić information content (AvgIpc) is 2.33. The molecule has 0 aliphatic heterocycles. The molecule has 0 radical (unpaired) electrons. The lowest BCUT2D eigenvalue weighted by molar-refractivity contribution is 0.0287. The van der Waals surface area contributed by atoms with Crippen molar-refractivity contribution in [2.75, 3.05) is 7.05 Å². The van der Waals surface area contributed by atoms with Gasteiger partial charge in [-0.15, -0.1) is 0 Å². The first kappa shape index (κ1) is 14.0. The number of halogens is 2. The van der Waals surface area contributed by atoms with Crippen molar-refractivity contribution in [3.8, 4) is 0 Å². The fourth-order valence-electron chi connectivity index (χ4n) is 2.64. The predicted molar refractivity (Wildman–Crippen MR) is 73.8 cm³/mol. The van der Waals surface area contributed by atoms with Crippen molar-refractivity contribution >= 4 is 15.9 Å². The van der Waals surface area contributed by atoms with Crippen LogP contribution in [0.4, 0.5) is 4.39 Å². The van der Waals surface area contributed by atoms with Gasteiger partial charge in [-0.25, -0.2) is 4.39 Å². The third-order valence-corrected chi connectivity index (χ3v) is 4.43. The fourth-order valence-corrected chi connectivity index (χ4v) is 3.12. The van der Waals surface area contributed by atoms with E-state index in [0.717, 1.165) is 35.8 Å². The first-order chi connectivity index (χ1) is 8.58. The highest BCUT2D eigenvalue weighted by atomic mass is 79.9. The molecule has 0 amide bonds. The van der Waals surface area contributed by atoms with Crippen LogP contribution in [-0.2, 0) is 6.54 Å². The van der Waals surface area contributed by atoms with Gasteiger partial charge in [-0.2, -0.15) is 0 Å². The van der Waals surface area contributed by atoms with Crippen molar-refractivity contribution in [2.45, 2.75) is 44.4 Å². The summed E-state index contributed by atoms with van der Waals surface area (Å²) >= 11 is 3.39. The van der Waals surface area contributed by atoms with Crippen molar-refractivity contribution in [3.05, 3.63) is 34.1 Å². The normalized spacial score (nSPS) is 24.5. The summed E-state index contributed by atoms with van der Waals surface area (Å²) in [5.74, 6) is -0.231. The second kappa shape index (κ2) is 6.13. The molecular weight excluding hydrogens is 297 g/mol. The van der Waals surface area contributed by atoms with Gasteiger partial charge in [-0.3, -0.25) is 4.90 Å². The van der Waals surface area contributed by atoms with Crippen LogP contribution in [-0.4, -0.2) is 29.2 Å². The van der Waals surface area contributed by atoms with E-state index in [1.54, 1.807) is 6.07 Å². The van der Waals surface area contributed by atoms with Crippen LogP contribution >= 0.6 is 15.9 Å². The van der Waals surface area contributed by atoms with E-state index in [4.69, 9.17) is 0 Å². The van der Waals surface area contributed by atoms with Crippen LogP contribution in [0.5, 0.6) is 0 Å². The summed E-state index contributed by atoms with van der Waals surface area (Å²) in [7, 11) is 2.02.